The molecule has 0 atom stereocenters. The molecule has 2 aliphatic heterocycles. The van der Waals surface area contributed by atoms with Crippen molar-refractivity contribution in [3.05, 3.63) is 81.2 Å². The van der Waals surface area contributed by atoms with E-state index >= 15 is 0 Å². The summed E-state index contributed by atoms with van der Waals surface area (Å²) in [4.78, 5) is 39.9. The average molecular weight is 443 g/mol. The molecule has 1 amide bonds. The fraction of sp³-hybridized carbons (Fsp3) is 0.296. The number of Topliss-reactive ketones (excluding diaryl/α,β-unsaturated/α-hetero) is 1. The van der Waals surface area contributed by atoms with Crippen LogP contribution in [-0.2, 0) is 4.79 Å². The van der Waals surface area contributed by atoms with E-state index in [-0.39, 0.29) is 17.1 Å². The average Bonchev–Trinajstić information content (AvgIpc) is 2.80. The Kier molecular flexibility index (Phi) is 5.16. The van der Waals surface area contributed by atoms with Crippen molar-refractivity contribution in [2.24, 2.45) is 0 Å². The Balaban J connectivity index is 1.28. The second kappa shape index (κ2) is 8.03. The molecule has 3 heterocycles. The summed E-state index contributed by atoms with van der Waals surface area (Å²) >= 11 is 0. The smallest absolute Gasteiger partial charge is 0.246 e. The van der Waals surface area contributed by atoms with Gasteiger partial charge in [0.1, 0.15) is 23.2 Å². The number of nitrogens with zero attached hydrogens (tertiary/aromatic N) is 1. The van der Waals surface area contributed by atoms with Crippen LogP contribution in [0.3, 0.4) is 0 Å². The van der Waals surface area contributed by atoms with Gasteiger partial charge in [0.05, 0.1) is 22.9 Å². The van der Waals surface area contributed by atoms with Crippen molar-refractivity contribution in [3.63, 3.8) is 0 Å². The maximum absolute atomic E-state index is 12.8. The molecule has 168 valence electrons. The first kappa shape index (κ1) is 21.2. The van der Waals surface area contributed by atoms with E-state index in [4.69, 9.17) is 9.15 Å². The molecular weight excluding hydrogens is 418 g/mol. The third-order valence-corrected chi connectivity index (χ3v) is 6.80. The Bertz CT molecular complexity index is 1360. The highest BCUT2D eigenvalue weighted by atomic mass is 16.5. The first-order valence-electron chi connectivity index (χ1n) is 11.2. The van der Waals surface area contributed by atoms with Crippen LogP contribution in [0.25, 0.3) is 17.0 Å². The largest absolute Gasteiger partial charge is 0.486 e. The van der Waals surface area contributed by atoms with Gasteiger partial charge in [0, 0.05) is 32.0 Å². The molecule has 0 aliphatic carbocycles. The normalized spacial score (nSPS) is 17.4. The lowest BCUT2D eigenvalue weighted by Crippen LogP contribution is -2.52. The van der Waals surface area contributed by atoms with Gasteiger partial charge in [0.2, 0.25) is 5.91 Å². The fourth-order valence-electron chi connectivity index (χ4n) is 4.64. The van der Waals surface area contributed by atoms with Crippen LogP contribution in [-0.4, -0.2) is 35.3 Å². The number of carbonyl (C=O) groups excluding carboxylic acids is 2. The van der Waals surface area contributed by atoms with E-state index in [0.717, 1.165) is 11.1 Å². The van der Waals surface area contributed by atoms with Crippen molar-refractivity contribution in [2.75, 3.05) is 13.1 Å². The van der Waals surface area contributed by atoms with Crippen LogP contribution >= 0.6 is 0 Å². The number of aryl methyl sites for hydroxylation is 2. The highest BCUT2D eigenvalue weighted by Gasteiger charge is 2.43. The Labute approximate surface area is 191 Å². The van der Waals surface area contributed by atoms with Gasteiger partial charge in [-0.2, -0.15) is 0 Å². The van der Waals surface area contributed by atoms with Crippen molar-refractivity contribution in [2.45, 2.75) is 38.7 Å². The quantitative estimate of drug-likeness (QED) is 0.547. The number of amides is 1. The van der Waals surface area contributed by atoms with Crippen molar-refractivity contribution in [1.29, 1.82) is 0 Å². The molecule has 6 heteroatoms. The predicted molar refractivity (Wildman–Crippen MR) is 126 cm³/mol. The molecule has 0 unspecified atom stereocenters. The predicted octanol–water partition coefficient (Wildman–Crippen LogP) is 4.45. The van der Waals surface area contributed by atoms with Crippen LogP contribution in [0, 0.1) is 13.8 Å². The summed E-state index contributed by atoms with van der Waals surface area (Å²) in [7, 11) is 0. The molecule has 0 bridgehead atoms. The zero-order chi connectivity index (χ0) is 23.2. The molecule has 2 aliphatic rings. The topological polar surface area (TPSA) is 76.8 Å². The van der Waals surface area contributed by atoms with E-state index in [1.54, 1.807) is 29.2 Å². The van der Waals surface area contributed by atoms with Gasteiger partial charge in [0.25, 0.3) is 0 Å². The number of benzene rings is 2. The van der Waals surface area contributed by atoms with Gasteiger partial charge < -0.3 is 14.1 Å². The second-order valence-corrected chi connectivity index (χ2v) is 8.99. The molecule has 0 N–H and O–H groups in total. The maximum Gasteiger partial charge on any atom is 0.246 e. The van der Waals surface area contributed by atoms with E-state index in [0.29, 0.717) is 60.2 Å². The minimum atomic E-state index is -0.564. The van der Waals surface area contributed by atoms with Gasteiger partial charge in [-0.05, 0) is 55.3 Å². The van der Waals surface area contributed by atoms with Crippen molar-refractivity contribution < 1.29 is 18.7 Å². The van der Waals surface area contributed by atoms with Crippen LogP contribution in [0.15, 0.2) is 57.9 Å². The number of ether oxygens (including phenoxy) is 1. The van der Waals surface area contributed by atoms with Gasteiger partial charge in [-0.3, -0.25) is 14.4 Å². The molecule has 6 nitrogen and oxygen atoms in total. The van der Waals surface area contributed by atoms with E-state index in [1.807, 2.05) is 26.0 Å². The number of hydrogen-bond acceptors (Lipinski definition) is 5. The van der Waals surface area contributed by atoms with E-state index in [1.165, 1.54) is 18.4 Å². The summed E-state index contributed by atoms with van der Waals surface area (Å²) in [6.45, 7) is 4.98. The lowest BCUT2D eigenvalue weighted by atomic mass is 9.82. The monoisotopic (exact) mass is 443 g/mol. The summed E-state index contributed by atoms with van der Waals surface area (Å²) in [6.07, 6.45) is 5.80. The minimum Gasteiger partial charge on any atom is -0.486 e. The molecule has 1 saturated heterocycles. The second-order valence-electron chi connectivity index (χ2n) is 8.99. The third kappa shape index (κ3) is 3.86. The van der Waals surface area contributed by atoms with Gasteiger partial charge in [0.15, 0.2) is 11.2 Å². The standard InChI is InChI=1S/C27H25NO5/c1-17-13-21-22(29)15-27(33-24(21)14-18(17)2)9-11-28(12-10-27)25(30)8-7-19-16-32-23-6-4-3-5-20(23)26(19)31/h3-8,13-14,16H,9-12,15H2,1-2H3/b8-7+. The first-order valence-corrected chi connectivity index (χ1v) is 11.2. The van der Waals surface area contributed by atoms with Crippen LogP contribution in [0.2, 0.25) is 0 Å². The number of ketones is 1. The summed E-state index contributed by atoms with van der Waals surface area (Å²) < 4.78 is 11.9. The third-order valence-electron chi connectivity index (χ3n) is 6.80. The van der Waals surface area contributed by atoms with Gasteiger partial charge in [-0.25, -0.2) is 0 Å². The Morgan fingerprint density at radius 3 is 2.58 bits per heavy atom. The summed E-state index contributed by atoms with van der Waals surface area (Å²) in [6, 6.07) is 10.9. The minimum absolute atomic E-state index is 0.0991. The Hall–Kier alpha value is -3.67. The first-order chi connectivity index (χ1) is 15.8. The van der Waals surface area contributed by atoms with Crippen LogP contribution in [0.1, 0.15) is 46.3 Å². The molecule has 1 fully saturated rings. The molecule has 1 spiro atoms. The zero-order valence-corrected chi connectivity index (χ0v) is 18.7. The van der Waals surface area contributed by atoms with E-state index < -0.39 is 5.60 Å². The Morgan fingerprint density at radius 2 is 1.79 bits per heavy atom. The number of piperidine rings is 1. The van der Waals surface area contributed by atoms with Crippen LogP contribution in [0.5, 0.6) is 5.75 Å². The molecule has 0 radical (unpaired) electrons. The highest BCUT2D eigenvalue weighted by Crippen LogP contribution is 2.40. The van der Waals surface area contributed by atoms with Crippen LogP contribution in [0.4, 0.5) is 0 Å². The molecular formula is C27H25NO5. The number of hydrogen-bond donors (Lipinski definition) is 0. The molecule has 33 heavy (non-hydrogen) atoms. The van der Waals surface area contributed by atoms with Gasteiger partial charge in [-0.15, -0.1) is 0 Å². The van der Waals surface area contributed by atoms with Crippen molar-refractivity contribution >= 4 is 28.7 Å². The highest BCUT2D eigenvalue weighted by molar-refractivity contribution is 6.00. The summed E-state index contributed by atoms with van der Waals surface area (Å²) in [5.74, 6) is 0.575. The zero-order valence-electron chi connectivity index (χ0n) is 18.7. The number of rotatable bonds is 2. The van der Waals surface area contributed by atoms with Crippen molar-refractivity contribution in [3.8, 4) is 5.75 Å². The molecule has 1 aromatic heterocycles. The fourth-order valence-corrected chi connectivity index (χ4v) is 4.64. The lowest BCUT2D eigenvalue weighted by molar-refractivity contribution is -0.129. The van der Waals surface area contributed by atoms with E-state index in [2.05, 4.69) is 0 Å². The summed E-state index contributed by atoms with van der Waals surface area (Å²) in [5, 5.41) is 0.483. The molecule has 2 aromatic carbocycles. The number of para-hydroxylation sites is 1. The summed E-state index contributed by atoms with van der Waals surface area (Å²) in [5.41, 5.74) is 2.94. The van der Waals surface area contributed by atoms with Crippen LogP contribution < -0.4 is 10.2 Å². The number of fused-ring (bicyclic) bond motifs is 2. The van der Waals surface area contributed by atoms with E-state index in [9.17, 15) is 14.4 Å². The molecule has 5 rings (SSSR count). The molecule has 3 aromatic rings. The lowest BCUT2D eigenvalue weighted by Gasteiger charge is -2.44. The number of carbonyl (C=O) groups is 2. The Morgan fingerprint density at radius 1 is 1.06 bits per heavy atom. The van der Waals surface area contributed by atoms with Gasteiger partial charge >= 0.3 is 0 Å². The molecule has 0 saturated carbocycles. The number of likely N-dealkylation sites (tertiary alicyclic amines) is 1. The van der Waals surface area contributed by atoms with Gasteiger partial charge in [-0.1, -0.05) is 12.1 Å². The van der Waals surface area contributed by atoms with Crippen molar-refractivity contribution in [1.82, 2.24) is 4.90 Å². The SMILES string of the molecule is Cc1cc2c(cc1C)C(=O)CC1(CCN(C(=O)/C=C/c3coc4ccccc4c3=O)CC1)O2. The maximum atomic E-state index is 12.8.